The van der Waals surface area contributed by atoms with E-state index in [1.165, 1.54) is 0 Å². The lowest BCUT2D eigenvalue weighted by Crippen LogP contribution is -2.32. The molecule has 0 aliphatic carbocycles. The Kier molecular flexibility index (Phi) is 2.36. The predicted molar refractivity (Wildman–Crippen MR) is 60.0 cm³/mol. The Balaban J connectivity index is 1.73. The number of likely N-dealkylation sites (tertiary alicyclic amines) is 1. The van der Waals surface area contributed by atoms with Gasteiger partial charge in [-0.2, -0.15) is 0 Å². The summed E-state index contributed by atoms with van der Waals surface area (Å²) in [6.45, 7) is 3.87. The Labute approximate surface area is 94.7 Å². The van der Waals surface area contributed by atoms with E-state index in [0.717, 1.165) is 26.2 Å². The molecule has 3 rings (SSSR count). The van der Waals surface area contributed by atoms with Gasteiger partial charge >= 0.3 is 0 Å². The molecule has 2 fully saturated rings. The number of carbonyl (C=O) groups is 1. The molecule has 0 bridgehead atoms. The first-order chi connectivity index (χ1) is 7.84. The molecule has 2 saturated heterocycles. The Hall–Kier alpha value is -1.42. The van der Waals surface area contributed by atoms with Gasteiger partial charge in [-0.1, -0.05) is 6.07 Å². The summed E-state index contributed by atoms with van der Waals surface area (Å²) in [6, 6.07) is 5.48. The molecular formula is C12H15N3O. The van der Waals surface area contributed by atoms with E-state index in [2.05, 4.69) is 10.3 Å². The van der Waals surface area contributed by atoms with Crippen molar-refractivity contribution in [3.63, 3.8) is 0 Å². The highest BCUT2D eigenvalue weighted by molar-refractivity contribution is 5.92. The quantitative estimate of drug-likeness (QED) is 0.739. The van der Waals surface area contributed by atoms with Crippen LogP contribution in [-0.2, 0) is 0 Å². The van der Waals surface area contributed by atoms with E-state index in [1.807, 2.05) is 17.0 Å². The maximum atomic E-state index is 12.1. The zero-order valence-corrected chi connectivity index (χ0v) is 9.10. The van der Waals surface area contributed by atoms with Crippen molar-refractivity contribution in [3.05, 3.63) is 30.1 Å². The monoisotopic (exact) mass is 217 g/mol. The van der Waals surface area contributed by atoms with Crippen LogP contribution in [0.2, 0.25) is 0 Å². The molecule has 2 atom stereocenters. The third-order valence-corrected chi connectivity index (χ3v) is 3.56. The van der Waals surface area contributed by atoms with Crippen LogP contribution >= 0.6 is 0 Å². The molecule has 1 amide bonds. The summed E-state index contributed by atoms with van der Waals surface area (Å²) in [5.41, 5.74) is 0.565. The van der Waals surface area contributed by atoms with Crippen LogP contribution in [-0.4, -0.2) is 42.0 Å². The summed E-state index contributed by atoms with van der Waals surface area (Å²) >= 11 is 0. The largest absolute Gasteiger partial charge is 0.337 e. The van der Waals surface area contributed by atoms with Crippen molar-refractivity contribution in [1.82, 2.24) is 15.2 Å². The second-order valence-corrected chi connectivity index (χ2v) is 4.60. The van der Waals surface area contributed by atoms with Gasteiger partial charge in [0.1, 0.15) is 5.69 Å². The second kappa shape index (κ2) is 3.87. The fourth-order valence-electron chi connectivity index (χ4n) is 2.67. The van der Waals surface area contributed by atoms with Gasteiger partial charge < -0.3 is 10.2 Å². The minimum atomic E-state index is 0.0787. The van der Waals surface area contributed by atoms with Crippen LogP contribution in [0.3, 0.4) is 0 Å². The average molecular weight is 217 g/mol. The van der Waals surface area contributed by atoms with Crippen molar-refractivity contribution in [3.8, 4) is 0 Å². The van der Waals surface area contributed by atoms with E-state index in [4.69, 9.17) is 0 Å². The molecule has 16 heavy (non-hydrogen) atoms. The fourth-order valence-corrected chi connectivity index (χ4v) is 2.67. The number of fused-ring (bicyclic) bond motifs is 1. The predicted octanol–water partition coefficient (Wildman–Crippen LogP) is 0.373. The van der Waals surface area contributed by atoms with Crippen LogP contribution in [0.4, 0.5) is 0 Å². The Morgan fingerprint density at radius 1 is 1.31 bits per heavy atom. The first-order valence-electron chi connectivity index (χ1n) is 5.75. The van der Waals surface area contributed by atoms with E-state index in [0.29, 0.717) is 17.5 Å². The number of pyridine rings is 1. The molecule has 4 nitrogen and oxygen atoms in total. The minimum Gasteiger partial charge on any atom is -0.337 e. The van der Waals surface area contributed by atoms with Gasteiger partial charge in [-0.15, -0.1) is 0 Å². The molecule has 0 unspecified atom stereocenters. The van der Waals surface area contributed by atoms with Crippen LogP contribution in [0.15, 0.2) is 24.4 Å². The summed E-state index contributed by atoms with van der Waals surface area (Å²) in [5, 5.41) is 3.37. The summed E-state index contributed by atoms with van der Waals surface area (Å²) in [5.74, 6) is 1.37. The summed E-state index contributed by atoms with van der Waals surface area (Å²) in [6.07, 6.45) is 1.67. The van der Waals surface area contributed by atoms with Crippen molar-refractivity contribution < 1.29 is 4.79 Å². The molecule has 1 aromatic rings. The van der Waals surface area contributed by atoms with E-state index >= 15 is 0 Å². The average Bonchev–Trinajstić information content (AvgIpc) is 2.89. The van der Waals surface area contributed by atoms with Crippen LogP contribution in [0.1, 0.15) is 10.5 Å². The van der Waals surface area contributed by atoms with Crippen molar-refractivity contribution in [2.45, 2.75) is 0 Å². The smallest absolute Gasteiger partial charge is 0.272 e. The van der Waals surface area contributed by atoms with E-state index in [9.17, 15) is 4.79 Å². The number of amides is 1. The van der Waals surface area contributed by atoms with Gasteiger partial charge in [0.2, 0.25) is 0 Å². The number of rotatable bonds is 1. The molecule has 4 heteroatoms. The van der Waals surface area contributed by atoms with Gasteiger partial charge in [0, 0.05) is 32.4 Å². The number of nitrogens with zero attached hydrogens (tertiary/aromatic N) is 2. The normalized spacial score (nSPS) is 28.1. The third kappa shape index (κ3) is 1.59. The summed E-state index contributed by atoms with van der Waals surface area (Å²) < 4.78 is 0. The highest BCUT2D eigenvalue weighted by Gasteiger charge is 2.38. The van der Waals surface area contributed by atoms with Crippen molar-refractivity contribution in [2.24, 2.45) is 11.8 Å². The molecule has 1 N–H and O–H groups in total. The first-order valence-corrected chi connectivity index (χ1v) is 5.75. The molecule has 2 aliphatic rings. The number of nitrogens with one attached hydrogen (secondary N) is 1. The van der Waals surface area contributed by atoms with Crippen LogP contribution in [0.5, 0.6) is 0 Å². The Morgan fingerprint density at radius 2 is 2.06 bits per heavy atom. The summed E-state index contributed by atoms with van der Waals surface area (Å²) in [7, 11) is 0. The molecule has 0 radical (unpaired) electrons. The van der Waals surface area contributed by atoms with Gasteiger partial charge in [0.25, 0.3) is 5.91 Å². The first kappa shape index (κ1) is 9.78. The zero-order valence-electron chi connectivity index (χ0n) is 9.10. The second-order valence-electron chi connectivity index (χ2n) is 4.60. The SMILES string of the molecule is O=C(c1ccccn1)N1C[C@H]2CNC[C@H]2C1. The Bertz CT molecular complexity index is 381. The molecule has 0 aromatic carbocycles. The van der Waals surface area contributed by atoms with E-state index in [-0.39, 0.29) is 5.91 Å². The zero-order chi connectivity index (χ0) is 11.0. The molecule has 2 aliphatic heterocycles. The molecule has 1 aromatic heterocycles. The standard InChI is InChI=1S/C12H15N3O/c16-12(11-3-1-2-4-14-11)15-7-9-5-13-6-10(9)8-15/h1-4,9-10,13H,5-8H2/t9-,10+. The molecule has 3 heterocycles. The van der Waals surface area contributed by atoms with Gasteiger partial charge in [0.15, 0.2) is 0 Å². The maximum Gasteiger partial charge on any atom is 0.272 e. The van der Waals surface area contributed by atoms with E-state index in [1.54, 1.807) is 12.3 Å². The lowest BCUT2D eigenvalue weighted by Gasteiger charge is -2.16. The lowest BCUT2D eigenvalue weighted by atomic mass is 10.0. The van der Waals surface area contributed by atoms with Crippen molar-refractivity contribution >= 4 is 5.91 Å². The van der Waals surface area contributed by atoms with Crippen molar-refractivity contribution in [1.29, 1.82) is 0 Å². The van der Waals surface area contributed by atoms with Gasteiger partial charge in [-0.3, -0.25) is 9.78 Å². The molecule has 0 saturated carbocycles. The van der Waals surface area contributed by atoms with Crippen LogP contribution < -0.4 is 5.32 Å². The Morgan fingerprint density at radius 3 is 2.69 bits per heavy atom. The topological polar surface area (TPSA) is 45.2 Å². The highest BCUT2D eigenvalue weighted by atomic mass is 16.2. The van der Waals surface area contributed by atoms with Crippen LogP contribution in [0.25, 0.3) is 0 Å². The fraction of sp³-hybridized carbons (Fsp3) is 0.500. The molecule has 84 valence electrons. The lowest BCUT2D eigenvalue weighted by molar-refractivity contribution is 0.0776. The number of hydrogen-bond acceptors (Lipinski definition) is 3. The number of hydrogen-bond donors (Lipinski definition) is 1. The van der Waals surface area contributed by atoms with Crippen molar-refractivity contribution in [2.75, 3.05) is 26.2 Å². The third-order valence-electron chi connectivity index (χ3n) is 3.56. The highest BCUT2D eigenvalue weighted by Crippen LogP contribution is 2.26. The van der Waals surface area contributed by atoms with Crippen LogP contribution in [0, 0.1) is 11.8 Å². The molecule has 0 spiro atoms. The number of carbonyl (C=O) groups excluding carboxylic acids is 1. The summed E-state index contributed by atoms with van der Waals surface area (Å²) in [4.78, 5) is 18.2. The maximum absolute atomic E-state index is 12.1. The number of aromatic nitrogens is 1. The van der Waals surface area contributed by atoms with Gasteiger partial charge in [-0.25, -0.2) is 0 Å². The van der Waals surface area contributed by atoms with Gasteiger partial charge in [0.05, 0.1) is 0 Å². The van der Waals surface area contributed by atoms with Gasteiger partial charge in [-0.05, 0) is 24.0 Å². The van der Waals surface area contributed by atoms with E-state index < -0.39 is 0 Å². The minimum absolute atomic E-state index is 0.0787. The molecular weight excluding hydrogens is 202 g/mol.